The molecule has 138 valence electrons. The molecule has 1 saturated carbocycles. The third-order valence-corrected chi connectivity index (χ3v) is 6.73. The van der Waals surface area contributed by atoms with Crippen molar-refractivity contribution in [3.63, 3.8) is 0 Å². The van der Waals surface area contributed by atoms with E-state index in [4.69, 9.17) is 0 Å². The predicted molar refractivity (Wildman–Crippen MR) is 106 cm³/mol. The van der Waals surface area contributed by atoms with E-state index in [0.29, 0.717) is 11.3 Å². The second-order valence-electron chi connectivity index (χ2n) is 8.41. The van der Waals surface area contributed by atoms with Gasteiger partial charge in [-0.3, -0.25) is 4.79 Å². The summed E-state index contributed by atoms with van der Waals surface area (Å²) in [5.41, 5.74) is 2.47. The van der Waals surface area contributed by atoms with Crippen molar-refractivity contribution in [3.05, 3.63) is 40.8 Å². The number of carbonyl (C=O) groups is 1. The summed E-state index contributed by atoms with van der Waals surface area (Å²) in [7, 11) is 0. The molecule has 2 heterocycles. The SMILES string of the molecule is CC(C)C(C)C(=O)N1CC2(CC2)CC1c1ncc(-c2ccc(Br)cc2)[nH]1. The molecule has 1 aromatic carbocycles. The zero-order valence-corrected chi connectivity index (χ0v) is 17.2. The highest BCUT2D eigenvalue weighted by Gasteiger charge is 2.54. The summed E-state index contributed by atoms with van der Waals surface area (Å²) in [5, 5.41) is 0. The molecule has 5 heteroatoms. The van der Waals surface area contributed by atoms with Gasteiger partial charge in [-0.2, -0.15) is 0 Å². The molecular formula is C21H26BrN3O. The molecule has 1 aromatic heterocycles. The van der Waals surface area contributed by atoms with Gasteiger partial charge in [0, 0.05) is 16.9 Å². The minimum Gasteiger partial charge on any atom is -0.340 e. The zero-order valence-electron chi connectivity index (χ0n) is 15.6. The lowest BCUT2D eigenvalue weighted by Gasteiger charge is -2.28. The number of halogens is 1. The first kappa shape index (κ1) is 17.8. The molecule has 0 radical (unpaired) electrons. The van der Waals surface area contributed by atoms with Crippen LogP contribution in [0.15, 0.2) is 34.9 Å². The molecule has 2 fully saturated rings. The highest BCUT2D eigenvalue weighted by atomic mass is 79.9. The van der Waals surface area contributed by atoms with Crippen molar-refractivity contribution in [2.75, 3.05) is 6.54 Å². The van der Waals surface area contributed by atoms with Gasteiger partial charge in [-0.1, -0.05) is 48.8 Å². The first-order valence-electron chi connectivity index (χ1n) is 9.50. The highest BCUT2D eigenvalue weighted by Crippen LogP contribution is 2.58. The van der Waals surface area contributed by atoms with Crippen LogP contribution in [0.3, 0.4) is 0 Å². The van der Waals surface area contributed by atoms with Gasteiger partial charge in [0.05, 0.1) is 17.9 Å². The van der Waals surface area contributed by atoms with Crippen LogP contribution < -0.4 is 0 Å². The molecule has 1 amide bonds. The fourth-order valence-electron chi connectivity index (χ4n) is 3.90. The van der Waals surface area contributed by atoms with Crippen LogP contribution in [0.2, 0.25) is 0 Å². The number of nitrogens with one attached hydrogen (secondary N) is 1. The molecule has 2 aliphatic rings. The fraction of sp³-hybridized carbons (Fsp3) is 0.524. The monoisotopic (exact) mass is 415 g/mol. The van der Waals surface area contributed by atoms with Crippen LogP contribution in [0.4, 0.5) is 0 Å². The lowest BCUT2D eigenvalue weighted by atomic mass is 9.96. The molecule has 4 rings (SSSR count). The lowest BCUT2D eigenvalue weighted by Crippen LogP contribution is -2.37. The first-order valence-corrected chi connectivity index (χ1v) is 10.3. The Morgan fingerprint density at radius 3 is 2.58 bits per heavy atom. The van der Waals surface area contributed by atoms with Crippen molar-refractivity contribution in [3.8, 4) is 11.3 Å². The number of carbonyl (C=O) groups excluding carboxylic acids is 1. The van der Waals surface area contributed by atoms with Crippen molar-refractivity contribution < 1.29 is 4.79 Å². The second kappa shape index (κ2) is 6.52. The van der Waals surface area contributed by atoms with E-state index in [9.17, 15) is 4.79 Å². The number of rotatable bonds is 4. The van der Waals surface area contributed by atoms with E-state index in [-0.39, 0.29) is 17.9 Å². The van der Waals surface area contributed by atoms with E-state index in [0.717, 1.165) is 34.5 Å². The maximum atomic E-state index is 13.1. The number of aromatic amines is 1. The van der Waals surface area contributed by atoms with Crippen LogP contribution in [0, 0.1) is 17.3 Å². The third kappa shape index (κ3) is 3.22. The molecule has 1 spiro atoms. The van der Waals surface area contributed by atoms with E-state index in [2.05, 4.69) is 63.7 Å². The molecule has 2 unspecified atom stereocenters. The summed E-state index contributed by atoms with van der Waals surface area (Å²) in [6.45, 7) is 7.19. The van der Waals surface area contributed by atoms with E-state index >= 15 is 0 Å². The van der Waals surface area contributed by atoms with Gasteiger partial charge >= 0.3 is 0 Å². The van der Waals surface area contributed by atoms with E-state index in [1.54, 1.807) is 0 Å². The third-order valence-electron chi connectivity index (χ3n) is 6.20. The van der Waals surface area contributed by atoms with Gasteiger partial charge in [0.1, 0.15) is 5.82 Å². The summed E-state index contributed by atoms with van der Waals surface area (Å²) in [5.74, 6) is 1.60. The number of benzene rings is 1. The van der Waals surface area contributed by atoms with Crippen LogP contribution in [0.5, 0.6) is 0 Å². The molecule has 0 bridgehead atoms. The molecular weight excluding hydrogens is 390 g/mol. The number of H-pyrrole nitrogens is 1. The summed E-state index contributed by atoms with van der Waals surface area (Å²) in [6.07, 6.45) is 5.41. The average Bonchev–Trinajstić information content (AvgIpc) is 3.05. The Morgan fingerprint density at radius 2 is 1.96 bits per heavy atom. The topological polar surface area (TPSA) is 49.0 Å². The van der Waals surface area contributed by atoms with Crippen LogP contribution >= 0.6 is 15.9 Å². The average molecular weight is 416 g/mol. The van der Waals surface area contributed by atoms with Crippen molar-refractivity contribution in [2.24, 2.45) is 17.3 Å². The Hall–Kier alpha value is -1.62. The zero-order chi connectivity index (χ0) is 18.5. The van der Waals surface area contributed by atoms with Gasteiger partial charge in [0.2, 0.25) is 5.91 Å². The fourth-order valence-corrected chi connectivity index (χ4v) is 4.16. The van der Waals surface area contributed by atoms with Gasteiger partial charge in [-0.15, -0.1) is 0 Å². The summed E-state index contributed by atoms with van der Waals surface area (Å²) >= 11 is 3.48. The highest BCUT2D eigenvalue weighted by molar-refractivity contribution is 9.10. The van der Waals surface area contributed by atoms with Gasteiger partial charge in [0.15, 0.2) is 0 Å². The number of aromatic nitrogens is 2. The van der Waals surface area contributed by atoms with Gasteiger partial charge in [-0.05, 0) is 48.3 Å². The Labute approximate surface area is 163 Å². The predicted octanol–water partition coefficient (Wildman–Crippen LogP) is 5.18. The van der Waals surface area contributed by atoms with E-state index < -0.39 is 0 Å². The van der Waals surface area contributed by atoms with Crippen LogP contribution in [-0.4, -0.2) is 27.3 Å². The smallest absolute Gasteiger partial charge is 0.226 e. The Balaban J connectivity index is 1.61. The second-order valence-corrected chi connectivity index (χ2v) is 9.32. The van der Waals surface area contributed by atoms with Crippen LogP contribution in [0.1, 0.15) is 51.9 Å². The summed E-state index contributed by atoms with van der Waals surface area (Å²) in [6, 6.07) is 8.29. The number of nitrogens with zero attached hydrogens (tertiary/aromatic N) is 2. The number of imidazole rings is 1. The molecule has 2 atom stereocenters. The minimum absolute atomic E-state index is 0.0484. The molecule has 1 aliphatic carbocycles. The Kier molecular flexibility index (Phi) is 4.46. The van der Waals surface area contributed by atoms with Gasteiger partial charge in [0.25, 0.3) is 0 Å². The Morgan fingerprint density at radius 1 is 1.27 bits per heavy atom. The molecule has 1 saturated heterocycles. The quantitative estimate of drug-likeness (QED) is 0.746. The van der Waals surface area contributed by atoms with Gasteiger partial charge < -0.3 is 9.88 Å². The molecule has 1 N–H and O–H groups in total. The van der Waals surface area contributed by atoms with E-state index in [1.807, 2.05) is 18.3 Å². The van der Waals surface area contributed by atoms with Crippen molar-refractivity contribution in [1.29, 1.82) is 0 Å². The molecule has 2 aromatic rings. The van der Waals surface area contributed by atoms with Gasteiger partial charge in [-0.25, -0.2) is 4.98 Å². The van der Waals surface area contributed by atoms with Crippen molar-refractivity contribution in [2.45, 2.75) is 46.1 Å². The normalized spacial score (nSPS) is 22.2. The number of likely N-dealkylation sites (tertiary alicyclic amines) is 1. The molecule has 1 aliphatic heterocycles. The summed E-state index contributed by atoms with van der Waals surface area (Å²) < 4.78 is 1.06. The first-order chi connectivity index (χ1) is 12.4. The van der Waals surface area contributed by atoms with Crippen molar-refractivity contribution >= 4 is 21.8 Å². The lowest BCUT2D eigenvalue weighted by molar-refractivity contribution is -0.137. The van der Waals surface area contributed by atoms with Crippen molar-refractivity contribution in [1.82, 2.24) is 14.9 Å². The largest absolute Gasteiger partial charge is 0.340 e. The summed E-state index contributed by atoms with van der Waals surface area (Å²) in [4.78, 5) is 23.3. The number of hydrogen-bond donors (Lipinski definition) is 1. The number of amides is 1. The minimum atomic E-state index is 0.0484. The maximum Gasteiger partial charge on any atom is 0.226 e. The Bertz CT molecular complexity index is 807. The number of hydrogen-bond acceptors (Lipinski definition) is 2. The molecule has 4 nitrogen and oxygen atoms in total. The van der Waals surface area contributed by atoms with Crippen LogP contribution in [-0.2, 0) is 4.79 Å². The maximum absolute atomic E-state index is 13.1. The van der Waals surface area contributed by atoms with Crippen LogP contribution in [0.25, 0.3) is 11.3 Å². The van der Waals surface area contributed by atoms with E-state index in [1.165, 1.54) is 12.8 Å². The standard InChI is InChI=1S/C21H26BrN3O/c1-13(2)14(3)20(26)25-12-21(8-9-21)10-18(25)19-23-11-17(24-19)15-4-6-16(22)7-5-15/h4-7,11,13-14,18H,8-10,12H2,1-3H3,(H,23,24). The molecule has 26 heavy (non-hydrogen) atoms.